The maximum absolute atomic E-state index is 12.0. The number of nitrogens with one attached hydrogen (secondary N) is 1. The van der Waals surface area contributed by atoms with Crippen molar-refractivity contribution in [1.29, 1.82) is 0 Å². The number of hydrogen-bond donors (Lipinski definition) is 2. The highest BCUT2D eigenvalue weighted by atomic mass is 32.1. The van der Waals surface area contributed by atoms with E-state index in [4.69, 9.17) is 9.84 Å². The summed E-state index contributed by atoms with van der Waals surface area (Å²) in [6, 6.07) is 0. The molecule has 1 saturated heterocycles. The summed E-state index contributed by atoms with van der Waals surface area (Å²) >= 11 is 1.57. The van der Waals surface area contributed by atoms with Gasteiger partial charge in [-0.1, -0.05) is 0 Å². The van der Waals surface area contributed by atoms with Crippen LogP contribution in [0.1, 0.15) is 37.1 Å². The molecule has 1 amide bonds. The molecular formula is C15H23N3O4S. The first-order valence-corrected chi connectivity index (χ1v) is 8.26. The number of carboxylic acid groups (broad SMARTS) is 1. The highest BCUT2D eigenvalue weighted by Crippen LogP contribution is 2.27. The van der Waals surface area contributed by atoms with Crippen LogP contribution < -0.4 is 5.32 Å². The standard InChI is InChI=1S/C15H23N3O4S/c1-10-16-6-11(23-10)7-17-15(5-12(19)20)8-18(9-15)13(21)22-14(2,3)4/h6,17H,5,7-9H2,1-4H3,(H,19,20). The van der Waals surface area contributed by atoms with Gasteiger partial charge in [-0.3, -0.25) is 4.79 Å². The predicted molar refractivity (Wildman–Crippen MR) is 86.5 cm³/mol. The Balaban J connectivity index is 1.94. The van der Waals surface area contributed by atoms with Crippen LogP contribution in [0, 0.1) is 6.92 Å². The topological polar surface area (TPSA) is 91.8 Å². The van der Waals surface area contributed by atoms with Crippen molar-refractivity contribution in [2.24, 2.45) is 0 Å². The summed E-state index contributed by atoms with van der Waals surface area (Å²) in [5.74, 6) is -0.887. The maximum Gasteiger partial charge on any atom is 0.410 e. The lowest BCUT2D eigenvalue weighted by atomic mass is 9.86. The van der Waals surface area contributed by atoms with E-state index in [1.54, 1.807) is 38.3 Å². The zero-order valence-electron chi connectivity index (χ0n) is 13.9. The van der Waals surface area contributed by atoms with Gasteiger partial charge in [-0.2, -0.15) is 0 Å². The smallest absolute Gasteiger partial charge is 0.410 e. The zero-order valence-corrected chi connectivity index (χ0v) is 14.7. The molecule has 0 bridgehead atoms. The van der Waals surface area contributed by atoms with Crippen molar-refractivity contribution in [3.8, 4) is 0 Å². The van der Waals surface area contributed by atoms with Crippen molar-refractivity contribution >= 4 is 23.4 Å². The summed E-state index contributed by atoms with van der Waals surface area (Å²) in [6.45, 7) is 8.53. The maximum atomic E-state index is 12.0. The second-order valence-corrected chi connectivity index (χ2v) is 8.21. The van der Waals surface area contributed by atoms with E-state index in [2.05, 4.69) is 10.3 Å². The minimum Gasteiger partial charge on any atom is -0.481 e. The average molecular weight is 341 g/mol. The van der Waals surface area contributed by atoms with Gasteiger partial charge in [-0.25, -0.2) is 9.78 Å². The van der Waals surface area contributed by atoms with E-state index in [1.807, 2.05) is 6.92 Å². The monoisotopic (exact) mass is 341 g/mol. The van der Waals surface area contributed by atoms with E-state index in [0.717, 1.165) is 9.88 Å². The van der Waals surface area contributed by atoms with Crippen LogP contribution >= 0.6 is 11.3 Å². The van der Waals surface area contributed by atoms with Gasteiger partial charge in [0.2, 0.25) is 0 Å². The highest BCUT2D eigenvalue weighted by molar-refractivity contribution is 7.11. The Labute approximate surface area is 139 Å². The SMILES string of the molecule is Cc1ncc(CNC2(CC(=O)O)CN(C(=O)OC(C)(C)C)C2)s1. The van der Waals surface area contributed by atoms with Gasteiger partial charge in [0.15, 0.2) is 0 Å². The van der Waals surface area contributed by atoms with Gasteiger partial charge in [0.05, 0.1) is 17.0 Å². The van der Waals surface area contributed by atoms with Crippen molar-refractivity contribution in [1.82, 2.24) is 15.2 Å². The van der Waals surface area contributed by atoms with Crippen molar-refractivity contribution in [3.05, 3.63) is 16.1 Å². The van der Waals surface area contributed by atoms with Crippen molar-refractivity contribution in [3.63, 3.8) is 0 Å². The lowest BCUT2D eigenvalue weighted by Gasteiger charge is -2.49. The minimum absolute atomic E-state index is 0.0376. The Bertz CT molecular complexity index is 588. The van der Waals surface area contributed by atoms with Crippen LogP contribution in [0.2, 0.25) is 0 Å². The molecule has 0 spiro atoms. The van der Waals surface area contributed by atoms with Gasteiger partial charge < -0.3 is 20.1 Å². The molecule has 1 aromatic rings. The fraction of sp³-hybridized carbons (Fsp3) is 0.667. The number of aromatic nitrogens is 1. The van der Waals surface area contributed by atoms with Gasteiger partial charge in [-0.15, -0.1) is 11.3 Å². The summed E-state index contributed by atoms with van der Waals surface area (Å²) in [7, 11) is 0. The third kappa shape index (κ3) is 4.90. The molecule has 2 heterocycles. The summed E-state index contributed by atoms with van der Waals surface area (Å²) in [4.78, 5) is 29.9. The van der Waals surface area contributed by atoms with Gasteiger partial charge in [-0.05, 0) is 27.7 Å². The molecule has 0 radical (unpaired) electrons. The van der Waals surface area contributed by atoms with Crippen LogP contribution in [0.3, 0.4) is 0 Å². The number of carbonyl (C=O) groups excluding carboxylic acids is 1. The summed E-state index contributed by atoms with van der Waals surface area (Å²) in [5, 5.41) is 13.4. The Kier molecular flexibility index (Phi) is 4.95. The summed E-state index contributed by atoms with van der Waals surface area (Å²) in [6.07, 6.45) is 1.34. The second-order valence-electron chi connectivity index (χ2n) is 6.89. The normalized spacial score (nSPS) is 16.8. The molecule has 0 atom stereocenters. The lowest BCUT2D eigenvalue weighted by molar-refractivity contribution is -0.141. The number of thiazole rings is 1. The van der Waals surface area contributed by atoms with Crippen molar-refractivity contribution in [2.75, 3.05) is 13.1 Å². The van der Waals surface area contributed by atoms with Crippen LogP contribution in [0.15, 0.2) is 6.20 Å². The van der Waals surface area contributed by atoms with Crippen LogP contribution in [-0.2, 0) is 16.1 Å². The number of amides is 1. The van der Waals surface area contributed by atoms with Crippen LogP contribution in [0.25, 0.3) is 0 Å². The fourth-order valence-corrected chi connectivity index (χ4v) is 3.21. The van der Waals surface area contributed by atoms with Crippen molar-refractivity contribution < 1.29 is 19.4 Å². The largest absolute Gasteiger partial charge is 0.481 e. The number of carboxylic acids is 1. The summed E-state index contributed by atoms with van der Waals surface area (Å²) < 4.78 is 5.31. The number of carbonyl (C=O) groups is 2. The predicted octanol–water partition coefficient (Wildman–Crippen LogP) is 2.01. The Morgan fingerprint density at radius 1 is 1.48 bits per heavy atom. The number of aliphatic carboxylic acids is 1. The molecule has 2 N–H and O–H groups in total. The minimum atomic E-state index is -0.887. The number of ether oxygens (including phenoxy) is 1. The quantitative estimate of drug-likeness (QED) is 0.851. The molecule has 1 aliphatic rings. The molecule has 1 aliphatic heterocycles. The van der Waals surface area contributed by atoms with Crippen LogP contribution in [0.5, 0.6) is 0 Å². The van der Waals surface area contributed by atoms with Gasteiger partial charge in [0.25, 0.3) is 0 Å². The molecule has 0 aliphatic carbocycles. The van der Waals surface area contributed by atoms with Gasteiger partial charge in [0.1, 0.15) is 5.60 Å². The zero-order chi connectivity index (χ0) is 17.3. The molecule has 0 unspecified atom stereocenters. The van der Waals surface area contributed by atoms with Crippen LogP contribution in [0.4, 0.5) is 4.79 Å². The first kappa shape index (κ1) is 17.7. The number of likely N-dealkylation sites (tertiary alicyclic amines) is 1. The molecule has 1 aromatic heterocycles. The third-order valence-electron chi connectivity index (χ3n) is 3.44. The van der Waals surface area contributed by atoms with E-state index in [0.29, 0.717) is 19.6 Å². The molecule has 8 heteroatoms. The molecule has 0 aromatic carbocycles. The van der Waals surface area contributed by atoms with Crippen molar-refractivity contribution in [2.45, 2.75) is 51.8 Å². The first-order valence-electron chi connectivity index (χ1n) is 7.45. The Morgan fingerprint density at radius 2 is 2.13 bits per heavy atom. The molecule has 0 saturated carbocycles. The molecule has 7 nitrogen and oxygen atoms in total. The fourth-order valence-electron chi connectivity index (χ4n) is 2.48. The molecular weight excluding hydrogens is 318 g/mol. The number of rotatable bonds is 5. The lowest BCUT2D eigenvalue weighted by Crippen LogP contribution is -2.71. The highest BCUT2D eigenvalue weighted by Gasteiger charge is 2.47. The summed E-state index contributed by atoms with van der Waals surface area (Å²) in [5.41, 5.74) is -1.17. The Morgan fingerprint density at radius 3 is 2.61 bits per heavy atom. The van der Waals surface area contributed by atoms with Crippen LogP contribution in [-0.4, -0.2) is 51.3 Å². The number of aryl methyl sites for hydroxylation is 1. The molecule has 1 fully saturated rings. The number of hydrogen-bond acceptors (Lipinski definition) is 6. The van der Waals surface area contributed by atoms with E-state index in [9.17, 15) is 9.59 Å². The van der Waals surface area contributed by atoms with Gasteiger partial charge in [0, 0.05) is 30.7 Å². The van der Waals surface area contributed by atoms with E-state index < -0.39 is 23.2 Å². The molecule has 2 rings (SSSR count). The molecule has 128 valence electrons. The average Bonchev–Trinajstić information content (AvgIpc) is 2.75. The third-order valence-corrected chi connectivity index (χ3v) is 4.35. The van der Waals surface area contributed by atoms with E-state index >= 15 is 0 Å². The second kappa shape index (κ2) is 6.45. The van der Waals surface area contributed by atoms with Gasteiger partial charge >= 0.3 is 12.1 Å². The first-order chi connectivity index (χ1) is 10.6. The van der Waals surface area contributed by atoms with E-state index in [-0.39, 0.29) is 6.42 Å². The Hall–Kier alpha value is -1.67. The molecule has 23 heavy (non-hydrogen) atoms. The van der Waals surface area contributed by atoms with E-state index in [1.165, 1.54) is 4.90 Å². The number of nitrogens with zero attached hydrogens (tertiary/aromatic N) is 2.